The lowest BCUT2D eigenvalue weighted by Gasteiger charge is -2.25. The van der Waals surface area contributed by atoms with Crippen molar-refractivity contribution in [2.75, 3.05) is 18.4 Å². The zero-order valence-electron chi connectivity index (χ0n) is 11.2. The fourth-order valence-electron chi connectivity index (χ4n) is 2.38. The first-order chi connectivity index (χ1) is 9.81. The monoisotopic (exact) mass is 275 g/mol. The molecule has 106 valence electrons. The number of nitrogens with one attached hydrogen (secondary N) is 1. The van der Waals surface area contributed by atoms with Crippen LogP contribution in [-0.4, -0.2) is 29.1 Å². The second-order valence-corrected chi connectivity index (χ2v) is 4.94. The number of hydrogen-bond acceptors (Lipinski definition) is 5. The summed E-state index contributed by atoms with van der Waals surface area (Å²) in [6.07, 6.45) is 5.18. The summed E-state index contributed by atoms with van der Waals surface area (Å²) in [7, 11) is 0. The summed E-state index contributed by atoms with van der Waals surface area (Å²) >= 11 is 0. The highest BCUT2D eigenvalue weighted by Gasteiger charge is 2.15. The van der Waals surface area contributed by atoms with Crippen LogP contribution in [0.3, 0.4) is 0 Å². The number of carbonyl (C=O) groups is 1. The van der Waals surface area contributed by atoms with E-state index in [4.69, 9.17) is 4.42 Å². The minimum Gasteiger partial charge on any atom is -0.455 e. The first-order valence-corrected chi connectivity index (χ1v) is 6.84. The number of rotatable bonds is 4. The molecule has 0 aromatic carbocycles. The molecule has 0 bridgehead atoms. The third-order valence-corrected chi connectivity index (χ3v) is 3.39. The summed E-state index contributed by atoms with van der Waals surface area (Å²) in [5, 5.41) is 6.23. The standard InChI is InChI=1S/C14H17N3O3/c18-14(15-13-6-9-19-16-13)12-5-4-11(20-12)10-17-7-2-1-3-8-17/h4-6,9H,1-3,7-8,10H2,(H,15,16,18). The molecule has 0 aliphatic carbocycles. The number of anilines is 1. The second-order valence-electron chi connectivity index (χ2n) is 4.94. The molecule has 0 atom stereocenters. The Labute approximate surface area is 116 Å². The van der Waals surface area contributed by atoms with Gasteiger partial charge in [-0.15, -0.1) is 0 Å². The molecule has 1 N–H and O–H groups in total. The quantitative estimate of drug-likeness (QED) is 0.928. The molecule has 0 unspecified atom stereocenters. The molecule has 3 rings (SSSR count). The van der Waals surface area contributed by atoms with Crippen LogP contribution in [0.5, 0.6) is 0 Å². The Morgan fingerprint density at radius 3 is 2.85 bits per heavy atom. The third kappa shape index (κ3) is 3.08. The Morgan fingerprint density at radius 2 is 2.10 bits per heavy atom. The molecule has 3 heterocycles. The molecule has 1 fully saturated rings. The predicted octanol–water partition coefficient (Wildman–Crippen LogP) is 2.51. The lowest BCUT2D eigenvalue weighted by molar-refractivity contribution is 0.0991. The Kier molecular flexibility index (Phi) is 3.83. The molecule has 2 aromatic rings. The molecular formula is C14H17N3O3. The lowest BCUT2D eigenvalue weighted by Crippen LogP contribution is -2.28. The maximum Gasteiger partial charge on any atom is 0.292 e. The SMILES string of the molecule is O=C(Nc1ccon1)c1ccc(CN2CCCCC2)o1. The molecule has 1 aliphatic heterocycles. The van der Waals surface area contributed by atoms with Crippen LogP contribution in [0.15, 0.2) is 33.4 Å². The molecule has 0 saturated carbocycles. The molecule has 2 aromatic heterocycles. The van der Waals surface area contributed by atoms with Gasteiger partial charge >= 0.3 is 0 Å². The number of piperidine rings is 1. The average molecular weight is 275 g/mol. The molecule has 0 radical (unpaired) electrons. The van der Waals surface area contributed by atoms with Gasteiger partial charge in [0.25, 0.3) is 5.91 Å². The van der Waals surface area contributed by atoms with E-state index in [-0.39, 0.29) is 5.91 Å². The summed E-state index contributed by atoms with van der Waals surface area (Å²) in [5.74, 6) is 1.17. The van der Waals surface area contributed by atoms with Crippen LogP contribution in [0.2, 0.25) is 0 Å². The summed E-state index contributed by atoms with van der Waals surface area (Å²) in [6.45, 7) is 2.96. The van der Waals surface area contributed by atoms with Crippen LogP contribution in [0.4, 0.5) is 5.82 Å². The maximum atomic E-state index is 11.9. The zero-order chi connectivity index (χ0) is 13.8. The Balaban J connectivity index is 1.59. The highest BCUT2D eigenvalue weighted by Crippen LogP contribution is 2.16. The first kappa shape index (κ1) is 12.9. The van der Waals surface area contributed by atoms with Gasteiger partial charge in [0.05, 0.1) is 6.54 Å². The zero-order valence-corrected chi connectivity index (χ0v) is 11.2. The number of nitrogens with zero attached hydrogens (tertiary/aromatic N) is 2. The highest BCUT2D eigenvalue weighted by molar-refractivity contribution is 6.01. The van der Waals surface area contributed by atoms with Crippen molar-refractivity contribution >= 4 is 11.7 Å². The van der Waals surface area contributed by atoms with E-state index in [0.29, 0.717) is 11.6 Å². The van der Waals surface area contributed by atoms with Gasteiger partial charge in [0.1, 0.15) is 12.0 Å². The van der Waals surface area contributed by atoms with E-state index in [9.17, 15) is 4.79 Å². The normalized spacial score (nSPS) is 16.2. The van der Waals surface area contributed by atoms with Crippen LogP contribution in [-0.2, 0) is 6.54 Å². The van der Waals surface area contributed by atoms with Crippen molar-refractivity contribution < 1.29 is 13.7 Å². The van der Waals surface area contributed by atoms with Gasteiger partial charge in [-0.1, -0.05) is 11.6 Å². The number of likely N-dealkylation sites (tertiary alicyclic amines) is 1. The number of hydrogen-bond donors (Lipinski definition) is 1. The van der Waals surface area contributed by atoms with Gasteiger partial charge in [0, 0.05) is 6.07 Å². The minimum atomic E-state index is -0.316. The van der Waals surface area contributed by atoms with Crippen LogP contribution >= 0.6 is 0 Å². The van der Waals surface area contributed by atoms with Crippen molar-refractivity contribution in [3.63, 3.8) is 0 Å². The summed E-state index contributed by atoms with van der Waals surface area (Å²) in [5.41, 5.74) is 0. The molecule has 6 nitrogen and oxygen atoms in total. The van der Waals surface area contributed by atoms with E-state index in [1.165, 1.54) is 25.5 Å². The highest BCUT2D eigenvalue weighted by atomic mass is 16.5. The lowest BCUT2D eigenvalue weighted by atomic mass is 10.1. The van der Waals surface area contributed by atoms with Gasteiger partial charge in [0.15, 0.2) is 11.6 Å². The third-order valence-electron chi connectivity index (χ3n) is 3.39. The first-order valence-electron chi connectivity index (χ1n) is 6.84. The number of aromatic nitrogens is 1. The average Bonchev–Trinajstić information content (AvgIpc) is 3.11. The van der Waals surface area contributed by atoms with Crippen LogP contribution in [0.1, 0.15) is 35.6 Å². The van der Waals surface area contributed by atoms with Crippen molar-refractivity contribution in [3.8, 4) is 0 Å². The number of amides is 1. The number of furan rings is 1. The van der Waals surface area contributed by atoms with Gasteiger partial charge in [0.2, 0.25) is 0 Å². The molecule has 1 saturated heterocycles. The van der Waals surface area contributed by atoms with E-state index >= 15 is 0 Å². The molecule has 6 heteroatoms. The van der Waals surface area contributed by atoms with Crippen molar-refractivity contribution in [2.24, 2.45) is 0 Å². The summed E-state index contributed by atoms with van der Waals surface area (Å²) < 4.78 is 10.2. The van der Waals surface area contributed by atoms with Gasteiger partial charge in [-0.3, -0.25) is 9.69 Å². The van der Waals surface area contributed by atoms with Crippen molar-refractivity contribution in [1.82, 2.24) is 10.1 Å². The minimum absolute atomic E-state index is 0.292. The predicted molar refractivity (Wildman–Crippen MR) is 72.3 cm³/mol. The van der Waals surface area contributed by atoms with Crippen molar-refractivity contribution in [1.29, 1.82) is 0 Å². The molecule has 1 aliphatic rings. The molecule has 0 spiro atoms. The Hall–Kier alpha value is -2.08. The fourth-order valence-corrected chi connectivity index (χ4v) is 2.38. The summed E-state index contributed by atoms with van der Waals surface area (Å²) in [4.78, 5) is 14.3. The van der Waals surface area contributed by atoms with E-state index in [0.717, 1.165) is 25.4 Å². The molecule has 1 amide bonds. The van der Waals surface area contributed by atoms with Gasteiger partial charge in [-0.2, -0.15) is 0 Å². The van der Waals surface area contributed by atoms with E-state index < -0.39 is 0 Å². The van der Waals surface area contributed by atoms with E-state index in [1.54, 1.807) is 12.1 Å². The van der Waals surface area contributed by atoms with Gasteiger partial charge < -0.3 is 14.3 Å². The van der Waals surface area contributed by atoms with Crippen LogP contribution in [0, 0.1) is 0 Å². The van der Waals surface area contributed by atoms with E-state index in [1.807, 2.05) is 6.07 Å². The van der Waals surface area contributed by atoms with Crippen molar-refractivity contribution in [3.05, 3.63) is 36.0 Å². The topological polar surface area (TPSA) is 71.5 Å². The summed E-state index contributed by atoms with van der Waals surface area (Å²) in [6, 6.07) is 5.12. The second kappa shape index (κ2) is 5.92. The molecular weight excluding hydrogens is 258 g/mol. The van der Waals surface area contributed by atoms with E-state index in [2.05, 4.69) is 19.9 Å². The Bertz CT molecular complexity index is 556. The van der Waals surface area contributed by atoms with Crippen molar-refractivity contribution in [2.45, 2.75) is 25.8 Å². The number of carbonyl (C=O) groups excluding carboxylic acids is 1. The van der Waals surface area contributed by atoms with Gasteiger partial charge in [-0.05, 0) is 38.1 Å². The van der Waals surface area contributed by atoms with Crippen LogP contribution in [0.25, 0.3) is 0 Å². The van der Waals surface area contributed by atoms with Gasteiger partial charge in [-0.25, -0.2) is 0 Å². The smallest absolute Gasteiger partial charge is 0.292 e. The fraction of sp³-hybridized carbons (Fsp3) is 0.429. The largest absolute Gasteiger partial charge is 0.455 e. The maximum absolute atomic E-state index is 11.9. The Morgan fingerprint density at radius 1 is 1.25 bits per heavy atom. The molecule has 20 heavy (non-hydrogen) atoms. The van der Waals surface area contributed by atoms with Crippen LogP contribution < -0.4 is 5.32 Å².